The third-order valence-corrected chi connectivity index (χ3v) is 15.4. The van der Waals surface area contributed by atoms with Gasteiger partial charge in [0.05, 0.1) is 109 Å². The minimum atomic E-state index is -2.85. The summed E-state index contributed by atoms with van der Waals surface area (Å²) in [6, 6.07) is 9.36. The molecule has 418 valence electrons. The van der Waals surface area contributed by atoms with Gasteiger partial charge in [-0.3, -0.25) is 9.59 Å². The number of halogens is 6. The van der Waals surface area contributed by atoms with Crippen molar-refractivity contribution in [3.05, 3.63) is 94.2 Å². The topological polar surface area (TPSA) is 216 Å². The van der Waals surface area contributed by atoms with E-state index in [4.69, 9.17) is 79.8 Å². The lowest BCUT2D eigenvalue weighted by molar-refractivity contribution is -0.118. The molecule has 0 spiro atoms. The van der Waals surface area contributed by atoms with E-state index in [2.05, 4.69) is 54.3 Å². The number of nitrogens with one attached hydrogen (secondary N) is 4. The standard InChI is InChI=1S/C28H31Cl2N5O5.C26H25Cl2F2N5O4/c1-5-24(36)33-18-6-7-40-14-20(18)32-23-9-17-15(11-31-23)8-19(34-28(17)35-12-16(13-35)37-2)25-26(29)21(38-3)10-22(39-4)27(25)30;1-3-21(37)33-15-4-5-39-10-17(15)32-20-7-14-13(9-31-20)6-16(34-25(14)35-11-26(29,30)12-35)22-23(27)18(36)8-19(38-2)24(22)28/h5,8-11,16,18,20H,1,6-7,12-14H2,2-4H3,(H,31,32)(H,33,36);3,6-9,15,17,36H,1,4-5,10-12H2,2H3,(H,31,32)(H,33,37)/t18-,20+;15-,17+/m00/s1. The second kappa shape index (κ2) is 24.3. The summed E-state index contributed by atoms with van der Waals surface area (Å²) < 4.78 is 60.8. The first-order valence-corrected chi connectivity index (χ1v) is 26.4. The number of fused-ring (bicyclic) bond motifs is 2. The van der Waals surface area contributed by atoms with Crippen LogP contribution in [0.4, 0.5) is 32.1 Å². The Labute approximate surface area is 473 Å². The van der Waals surface area contributed by atoms with Crippen LogP contribution < -0.4 is 45.3 Å². The molecule has 19 nitrogen and oxygen atoms in total. The molecule has 0 bridgehead atoms. The number of alkyl halides is 2. The Kier molecular flexibility index (Phi) is 17.6. The normalized spacial score (nSPS) is 19.7. The van der Waals surface area contributed by atoms with Crippen LogP contribution in [0.1, 0.15) is 12.8 Å². The Morgan fingerprint density at radius 2 is 1.11 bits per heavy atom. The number of hydrogen-bond donors (Lipinski definition) is 5. The van der Waals surface area contributed by atoms with Gasteiger partial charge in [0.1, 0.15) is 46.3 Å². The smallest absolute Gasteiger partial charge is 0.282 e. The fourth-order valence-corrected chi connectivity index (χ4v) is 10.9. The minimum Gasteiger partial charge on any atom is -0.506 e. The molecule has 25 heteroatoms. The van der Waals surface area contributed by atoms with Gasteiger partial charge in [-0.2, -0.15) is 0 Å². The lowest BCUT2D eigenvalue weighted by Crippen LogP contribution is -2.56. The zero-order valence-corrected chi connectivity index (χ0v) is 46.3. The van der Waals surface area contributed by atoms with Gasteiger partial charge in [0.15, 0.2) is 0 Å². The summed E-state index contributed by atoms with van der Waals surface area (Å²) in [5, 5.41) is 26.5. The van der Waals surface area contributed by atoms with Gasteiger partial charge in [0, 0.05) is 90.6 Å². The van der Waals surface area contributed by atoms with Crippen LogP contribution in [-0.4, -0.2) is 154 Å². The predicted octanol–water partition coefficient (Wildman–Crippen LogP) is 8.97. The van der Waals surface area contributed by atoms with Crippen LogP contribution in [0.5, 0.6) is 23.0 Å². The number of methoxy groups -OCH3 is 4. The molecule has 0 aliphatic carbocycles. The van der Waals surface area contributed by atoms with Crippen molar-refractivity contribution in [2.24, 2.45) is 0 Å². The molecular weight excluding hydrogens is 1110 g/mol. The number of pyridine rings is 4. The molecule has 0 unspecified atom stereocenters. The number of hydrogen-bond acceptors (Lipinski definition) is 17. The molecule has 0 saturated carbocycles. The van der Waals surface area contributed by atoms with Gasteiger partial charge in [-0.05, 0) is 49.3 Å². The van der Waals surface area contributed by atoms with E-state index >= 15 is 0 Å². The number of amides is 2. The number of rotatable bonds is 16. The number of ether oxygens (including phenoxy) is 6. The van der Waals surface area contributed by atoms with Crippen LogP contribution in [0.25, 0.3) is 44.1 Å². The van der Waals surface area contributed by atoms with Crippen molar-refractivity contribution in [3.8, 4) is 45.5 Å². The first-order valence-electron chi connectivity index (χ1n) is 24.9. The molecule has 2 amide bonds. The Balaban J connectivity index is 0.000000192. The van der Waals surface area contributed by atoms with Gasteiger partial charge in [-0.15, -0.1) is 0 Å². The number of phenols is 1. The highest BCUT2D eigenvalue weighted by molar-refractivity contribution is 6.42. The summed E-state index contributed by atoms with van der Waals surface area (Å²) >= 11 is 26.4. The van der Waals surface area contributed by atoms with Crippen LogP contribution in [0.3, 0.4) is 0 Å². The maximum Gasteiger partial charge on any atom is 0.282 e. The van der Waals surface area contributed by atoms with Crippen molar-refractivity contribution < 1.29 is 51.9 Å². The lowest BCUT2D eigenvalue weighted by Gasteiger charge is -2.40. The lowest BCUT2D eigenvalue weighted by atomic mass is 10.0. The maximum atomic E-state index is 13.9. The van der Waals surface area contributed by atoms with Gasteiger partial charge in [-0.25, -0.2) is 28.7 Å². The van der Waals surface area contributed by atoms with E-state index in [1.807, 2.05) is 12.1 Å². The molecule has 5 N–H and O–H groups in total. The second-order valence-electron chi connectivity index (χ2n) is 19.0. The average molecular weight is 1170 g/mol. The zero-order valence-electron chi connectivity index (χ0n) is 43.3. The third-order valence-electron chi connectivity index (χ3n) is 13.9. The molecule has 4 fully saturated rings. The highest BCUT2D eigenvalue weighted by atomic mass is 35.5. The van der Waals surface area contributed by atoms with Crippen LogP contribution in [0.15, 0.2) is 74.1 Å². The Hall–Kier alpha value is -6.72. The van der Waals surface area contributed by atoms with Crippen molar-refractivity contribution in [3.63, 3.8) is 0 Å². The number of carbonyl (C=O) groups is 2. The van der Waals surface area contributed by atoms with Gasteiger partial charge in [0.2, 0.25) is 11.8 Å². The Morgan fingerprint density at radius 1 is 0.671 bits per heavy atom. The SMILES string of the molecule is C=CC(=O)N[C@H]1CCOC[C@H]1Nc1cc2c(N3CC(F)(F)C3)nc(-c3c(Cl)c(O)cc(OC)c3Cl)cc2cn1.C=CC(=O)N[C@H]1CCOC[C@H]1Nc1cc2c(N3CC(OC)C3)nc(-c3c(Cl)c(OC)cc(OC)c3Cl)cc2cn1. The number of nitrogens with zero attached hydrogens (tertiary/aromatic N) is 6. The number of aromatic nitrogens is 4. The number of aromatic hydroxyl groups is 1. The molecule has 4 atom stereocenters. The number of benzene rings is 2. The molecule has 0 radical (unpaired) electrons. The van der Waals surface area contributed by atoms with Gasteiger partial charge < -0.3 is 64.6 Å². The second-order valence-corrected chi connectivity index (χ2v) is 20.5. The Bertz CT molecular complexity index is 3290. The van der Waals surface area contributed by atoms with Crippen molar-refractivity contribution in [1.82, 2.24) is 30.6 Å². The first-order chi connectivity index (χ1) is 38.0. The molecule has 6 aromatic rings. The molecule has 2 aromatic carbocycles. The maximum absolute atomic E-state index is 13.9. The molecule has 4 aliphatic rings. The molecule has 10 rings (SSSR count). The molecule has 8 heterocycles. The molecule has 4 aromatic heterocycles. The van der Waals surface area contributed by atoms with E-state index < -0.39 is 19.0 Å². The van der Waals surface area contributed by atoms with Crippen LogP contribution in [0, 0.1) is 0 Å². The first kappa shape index (κ1) is 57.0. The molecule has 79 heavy (non-hydrogen) atoms. The van der Waals surface area contributed by atoms with Gasteiger partial charge in [-0.1, -0.05) is 59.6 Å². The van der Waals surface area contributed by atoms with Crippen LogP contribution in [-0.2, 0) is 23.8 Å². The van der Waals surface area contributed by atoms with E-state index in [1.165, 1.54) is 44.4 Å². The number of carbonyl (C=O) groups excluding carboxylic acids is 2. The van der Waals surface area contributed by atoms with Crippen molar-refractivity contribution >= 4 is 103 Å². The van der Waals surface area contributed by atoms with Crippen molar-refractivity contribution in [2.45, 2.75) is 49.0 Å². The highest BCUT2D eigenvalue weighted by Crippen LogP contribution is 2.49. The monoisotopic (exact) mass is 1170 g/mol. The number of anilines is 4. The minimum absolute atomic E-state index is 0.0521. The van der Waals surface area contributed by atoms with Gasteiger partial charge in [0.25, 0.3) is 5.92 Å². The van der Waals surface area contributed by atoms with E-state index in [0.717, 1.165) is 16.6 Å². The fourth-order valence-electron chi connectivity index (χ4n) is 9.63. The van der Waals surface area contributed by atoms with Crippen LogP contribution in [0.2, 0.25) is 20.1 Å². The van der Waals surface area contributed by atoms with Gasteiger partial charge >= 0.3 is 0 Å². The highest BCUT2D eigenvalue weighted by Gasteiger charge is 2.45. The van der Waals surface area contributed by atoms with E-state index in [1.54, 1.807) is 37.7 Å². The summed E-state index contributed by atoms with van der Waals surface area (Å²) in [6.07, 6.45) is 7.22. The molecule has 4 saturated heterocycles. The molecular formula is C54H56Cl4F2N10O9. The van der Waals surface area contributed by atoms with Crippen molar-refractivity contribution in [1.29, 1.82) is 0 Å². The summed E-state index contributed by atoms with van der Waals surface area (Å²) in [4.78, 5) is 46.3. The van der Waals surface area contributed by atoms with Crippen molar-refractivity contribution in [2.75, 3.05) is 101 Å². The summed E-state index contributed by atoms with van der Waals surface area (Å²) in [5.74, 6) is -0.479. The largest absolute Gasteiger partial charge is 0.506 e. The third kappa shape index (κ3) is 12.2. The molecule has 4 aliphatic heterocycles. The quantitative estimate of drug-likeness (QED) is 0.0572. The summed E-state index contributed by atoms with van der Waals surface area (Å²) in [5.41, 5.74) is 1.53. The van der Waals surface area contributed by atoms with Crippen LogP contribution >= 0.6 is 46.4 Å². The van der Waals surface area contributed by atoms with E-state index in [0.29, 0.717) is 108 Å². The Morgan fingerprint density at radius 3 is 1.54 bits per heavy atom. The average Bonchev–Trinajstić information content (AvgIpc) is 3.63. The predicted molar refractivity (Wildman–Crippen MR) is 301 cm³/mol. The fraction of sp³-hybridized carbons (Fsp3) is 0.370. The van der Waals surface area contributed by atoms with E-state index in [9.17, 15) is 23.5 Å². The summed E-state index contributed by atoms with van der Waals surface area (Å²) in [6.45, 7) is 9.22. The number of phenolic OH excluding ortho intramolecular Hbond substituents is 1. The summed E-state index contributed by atoms with van der Waals surface area (Å²) in [7, 11) is 6.16. The zero-order chi connectivity index (χ0) is 56.3. The van der Waals surface area contributed by atoms with E-state index in [-0.39, 0.29) is 80.7 Å².